The summed E-state index contributed by atoms with van der Waals surface area (Å²) in [6, 6.07) is 3.74. The van der Waals surface area contributed by atoms with E-state index in [2.05, 4.69) is 21.2 Å². The lowest BCUT2D eigenvalue weighted by atomic mass is 10.1. The van der Waals surface area contributed by atoms with Crippen LogP contribution in [0.1, 0.15) is 24.8 Å². The van der Waals surface area contributed by atoms with Crippen molar-refractivity contribution in [1.29, 1.82) is 0 Å². The van der Waals surface area contributed by atoms with Crippen molar-refractivity contribution >= 4 is 45.0 Å². The molecule has 1 unspecified atom stereocenters. The maximum Gasteiger partial charge on any atom is 0.237 e. The van der Waals surface area contributed by atoms with Crippen molar-refractivity contribution in [2.75, 3.05) is 16.8 Å². The Balaban J connectivity index is 2.08. The Morgan fingerprint density at radius 3 is 2.94 bits per heavy atom. The van der Waals surface area contributed by atoms with Gasteiger partial charge in [-0.3, -0.25) is 4.79 Å². The summed E-state index contributed by atoms with van der Waals surface area (Å²) in [5, 5.41) is 3.04. The molecule has 1 fully saturated rings. The molecule has 0 saturated carbocycles. The Morgan fingerprint density at radius 2 is 2.28 bits per heavy atom. The number of nitrogens with one attached hydrogen (secondary N) is 1. The first-order valence-electron chi connectivity index (χ1n) is 6.06. The first-order valence-corrected chi connectivity index (χ1v) is 7.90. The first-order chi connectivity index (χ1) is 8.58. The second kappa shape index (κ2) is 5.97. The van der Waals surface area contributed by atoms with Gasteiger partial charge in [-0.15, -0.1) is 11.8 Å². The summed E-state index contributed by atoms with van der Waals surface area (Å²) >= 11 is 5.20. The van der Waals surface area contributed by atoms with Gasteiger partial charge in [0.05, 0.1) is 10.9 Å². The quantitative estimate of drug-likeness (QED) is 0.816. The van der Waals surface area contributed by atoms with Crippen molar-refractivity contribution in [2.24, 2.45) is 0 Å². The highest BCUT2D eigenvalue weighted by Gasteiger charge is 2.22. The molecule has 1 atom stereocenters. The Bertz CT molecular complexity index is 459. The minimum atomic E-state index is 0.0770. The third-order valence-electron chi connectivity index (χ3n) is 3.09. The van der Waals surface area contributed by atoms with Crippen LogP contribution in [0.2, 0.25) is 0 Å². The number of nitrogen functional groups attached to an aromatic ring is 1. The summed E-state index contributed by atoms with van der Waals surface area (Å²) in [7, 11) is 0. The van der Waals surface area contributed by atoms with E-state index in [0.29, 0.717) is 5.69 Å². The molecule has 0 bridgehead atoms. The summed E-state index contributed by atoms with van der Waals surface area (Å²) in [6.07, 6.45) is 3.33. The molecule has 18 heavy (non-hydrogen) atoms. The number of carbonyl (C=O) groups is 1. The first kappa shape index (κ1) is 13.7. The second-order valence-electron chi connectivity index (χ2n) is 4.53. The number of benzene rings is 1. The van der Waals surface area contributed by atoms with Crippen LogP contribution in [0, 0.1) is 6.92 Å². The van der Waals surface area contributed by atoms with Gasteiger partial charge < -0.3 is 11.1 Å². The zero-order valence-corrected chi connectivity index (χ0v) is 12.7. The molecule has 2 rings (SSSR count). The standard InChI is InChI=1S/C13H17BrN2OS/c1-8-6-9(14)11(7-10(8)15)16-13(17)12-4-2-3-5-18-12/h6-7,12H,2-5,15H2,1H3,(H,16,17). The summed E-state index contributed by atoms with van der Waals surface area (Å²) in [6.45, 7) is 1.95. The number of nitrogens with two attached hydrogens (primary N) is 1. The smallest absolute Gasteiger partial charge is 0.237 e. The molecular formula is C13H17BrN2OS. The molecule has 5 heteroatoms. The van der Waals surface area contributed by atoms with E-state index in [1.165, 1.54) is 6.42 Å². The van der Waals surface area contributed by atoms with Crippen molar-refractivity contribution in [3.05, 3.63) is 22.2 Å². The molecule has 98 valence electrons. The van der Waals surface area contributed by atoms with Crippen LogP contribution in [0.25, 0.3) is 0 Å². The van der Waals surface area contributed by atoms with Gasteiger partial charge in [-0.2, -0.15) is 0 Å². The van der Waals surface area contributed by atoms with Gasteiger partial charge in [0.1, 0.15) is 0 Å². The normalized spacial score (nSPS) is 19.6. The fourth-order valence-corrected chi connectivity index (χ4v) is 3.70. The summed E-state index contributed by atoms with van der Waals surface area (Å²) in [5.74, 6) is 1.17. The molecule has 1 aliphatic heterocycles. The second-order valence-corrected chi connectivity index (χ2v) is 6.70. The molecular weight excluding hydrogens is 312 g/mol. The van der Waals surface area contributed by atoms with Gasteiger partial charge in [0.15, 0.2) is 0 Å². The number of amides is 1. The Morgan fingerprint density at radius 1 is 1.50 bits per heavy atom. The molecule has 3 nitrogen and oxygen atoms in total. The topological polar surface area (TPSA) is 55.1 Å². The van der Waals surface area contributed by atoms with Crippen LogP contribution in [0.4, 0.5) is 11.4 Å². The third-order valence-corrected chi connectivity index (χ3v) is 5.12. The molecule has 1 aromatic carbocycles. The molecule has 1 heterocycles. The van der Waals surface area contributed by atoms with E-state index in [9.17, 15) is 4.79 Å². The van der Waals surface area contributed by atoms with Gasteiger partial charge in [-0.1, -0.05) is 6.42 Å². The van der Waals surface area contributed by atoms with Gasteiger partial charge in [0, 0.05) is 10.2 Å². The maximum absolute atomic E-state index is 12.1. The van der Waals surface area contributed by atoms with Crippen LogP contribution < -0.4 is 11.1 Å². The van der Waals surface area contributed by atoms with Crippen LogP contribution in [0.15, 0.2) is 16.6 Å². The number of aryl methyl sites for hydroxylation is 1. The van der Waals surface area contributed by atoms with Gasteiger partial charge in [-0.05, 0) is 59.1 Å². The SMILES string of the molecule is Cc1cc(Br)c(NC(=O)C2CCCCS2)cc1N. The van der Waals surface area contributed by atoms with Gasteiger partial charge >= 0.3 is 0 Å². The average Bonchev–Trinajstić information content (AvgIpc) is 2.37. The van der Waals surface area contributed by atoms with Crippen molar-refractivity contribution in [3.63, 3.8) is 0 Å². The maximum atomic E-state index is 12.1. The van der Waals surface area contributed by atoms with E-state index in [4.69, 9.17) is 5.73 Å². The molecule has 1 aliphatic rings. The highest BCUT2D eigenvalue weighted by Crippen LogP contribution is 2.30. The van der Waals surface area contributed by atoms with Gasteiger partial charge in [-0.25, -0.2) is 0 Å². The molecule has 0 aromatic heterocycles. The number of anilines is 2. The lowest BCUT2D eigenvalue weighted by Gasteiger charge is -2.21. The number of thioether (sulfide) groups is 1. The lowest BCUT2D eigenvalue weighted by molar-refractivity contribution is -0.115. The molecule has 3 N–H and O–H groups in total. The summed E-state index contributed by atoms with van der Waals surface area (Å²) < 4.78 is 0.878. The van der Waals surface area contributed by atoms with Crippen LogP contribution in [0.5, 0.6) is 0 Å². The number of halogens is 1. The third kappa shape index (κ3) is 3.20. The van der Waals surface area contributed by atoms with Crippen LogP contribution >= 0.6 is 27.7 Å². The monoisotopic (exact) mass is 328 g/mol. The fraction of sp³-hybridized carbons (Fsp3) is 0.462. The average molecular weight is 329 g/mol. The highest BCUT2D eigenvalue weighted by molar-refractivity contribution is 9.10. The zero-order chi connectivity index (χ0) is 13.1. The van der Waals surface area contributed by atoms with Crippen molar-refractivity contribution in [2.45, 2.75) is 31.4 Å². The van der Waals surface area contributed by atoms with Gasteiger partial charge in [0.2, 0.25) is 5.91 Å². The van der Waals surface area contributed by atoms with Crippen molar-refractivity contribution in [3.8, 4) is 0 Å². The largest absolute Gasteiger partial charge is 0.398 e. The Labute approximate surface area is 120 Å². The number of hydrogen-bond acceptors (Lipinski definition) is 3. The van der Waals surface area contributed by atoms with E-state index in [1.807, 2.05) is 19.1 Å². The van der Waals surface area contributed by atoms with E-state index < -0.39 is 0 Å². The van der Waals surface area contributed by atoms with E-state index in [0.717, 1.165) is 34.3 Å². The van der Waals surface area contributed by atoms with E-state index >= 15 is 0 Å². The van der Waals surface area contributed by atoms with E-state index in [-0.39, 0.29) is 11.2 Å². The molecule has 0 spiro atoms. The fourth-order valence-electron chi connectivity index (χ4n) is 1.95. The molecule has 1 amide bonds. The number of rotatable bonds is 2. The predicted molar refractivity (Wildman–Crippen MR) is 82.0 cm³/mol. The highest BCUT2D eigenvalue weighted by atomic mass is 79.9. The summed E-state index contributed by atoms with van der Waals surface area (Å²) in [4.78, 5) is 12.1. The van der Waals surface area contributed by atoms with Crippen LogP contribution in [0.3, 0.4) is 0 Å². The molecule has 1 saturated heterocycles. The molecule has 1 aromatic rings. The number of carbonyl (C=O) groups excluding carboxylic acids is 1. The Kier molecular flexibility index (Phi) is 4.56. The van der Waals surface area contributed by atoms with Crippen LogP contribution in [-0.2, 0) is 4.79 Å². The Hall–Kier alpha value is -0.680. The minimum absolute atomic E-state index is 0.0770. The summed E-state index contributed by atoms with van der Waals surface area (Å²) in [5.41, 5.74) is 8.33. The van der Waals surface area contributed by atoms with Crippen molar-refractivity contribution < 1.29 is 4.79 Å². The molecule has 0 aliphatic carbocycles. The van der Waals surface area contributed by atoms with Crippen molar-refractivity contribution in [1.82, 2.24) is 0 Å². The zero-order valence-electron chi connectivity index (χ0n) is 10.3. The molecule has 0 radical (unpaired) electrons. The number of hydrogen-bond donors (Lipinski definition) is 2. The van der Waals surface area contributed by atoms with Crippen LogP contribution in [-0.4, -0.2) is 16.9 Å². The lowest BCUT2D eigenvalue weighted by Crippen LogP contribution is -2.27. The van der Waals surface area contributed by atoms with E-state index in [1.54, 1.807) is 11.8 Å². The minimum Gasteiger partial charge on any atom is -0.398 e. The predicted octanol–water partition coefficient (Wildman–Crippen LogP) is 3.56. The van der Waals surface area contributed by atoms with Gasteiger partial charge in [0.25, 0.3) is 0 Å².